The Labute approximate surface area is 160 Å². The Morgan fingerprint density at radius 1 is 1.19 bits per heavy atom. The van der Waals surface area contributed by atoms with Crippen LogP contribution in [0.25, 0.3) is 10.9 Å². The van der Waals surface area contributed by atoms with Crippen molar-refractivity contribution in [2.45, 2.75) is 45.2 Å². The van der Waals surface area contributed by atoms with Crippen molar-refractivity contribution in [1.82, 2.24) is 9.88 Å². The van der Waals surface area contributed by atoms with E-state index in [1.54, 1.807) is 6.92 Å². The zero-order valence-corrected chi connectivity index (χ0v) is 16.6. The molecule has 0 bridgehead atoms. The molecule has 2 N–H and O–H groups in total. The number of carbonyl (C=O) groups excluding carboxylic acids is 1. The van der Waals surface area contributed by atoms with Crippen LogP contribution in [-0.2, 0) is 16.4 Å². The highest BCUT2D eigenvalue weighted by atomic mass is 32.2. The fraction of sp³-hybridized carbons (Fsp3) is 0.550. The van der Waals surface area contributed by atoms with E-state index in [0.29, 0.717) is 24.8 Å². The third-order valence-electron chi connectivity index (χ3n) is 5.73. The number of anilines is 1. The fourth-order valence-electron chi connectivity index (χ4n) is 4.16. The Balaban J connectivity index is 1.62. The minimum Gasteiger partial charge on any atom is -0.381 e. The minimum absolute atomic E-state index is 0.0285. The molecule has 1 saturated heterocycles. The molecule has 0 amide bonds. The third-order valence-corrected chi connectivity index (χ3v) is 7.33. The van der Waals surface area contributed by atoms with Crippen LogP contribution in [0.5, 0.6) is 0 Å². The predicted octanol–water partition coefficient (Wildman–Crippen LogP) is 2.96. The van der Waals surface area contributed by atoms with E-state index in [2.05, 4.69) is 27.3 Å². The number of aromatic nitrogens is 1. The van der Waals surface area contributed by atoms with Gasteiger partial charge in [0.1, 0.15) is 0 Å². The summed E-state index contributed by atoms with van der Waals surface area (Å²) in [5, 5.41) is 4.70. The van der Waals surface area contributed by atoms with E-state index < -0.39 is 9.84 Å². The molecule has 6 nitrogen and oxygen atoms in total. The van der Waals surface area contributed by atoms with E-state index in [9.17, 15) is 13.2 Å². The summed E-state index contributed by atoms with van der Waals surface area (Å²) in [5.41, 5.74) is 3.81. The zero-order valence-electron chi connectivity index (χ0n) is 15.8. The van der Waals surface area contributed by atoms with Gasteiger partial charge in [-0.1, -0.05) is 12.8 Å². The maximum absolute atomic E-state index is 11.8. The second-order valence-electron chi connectivity index (χ2n) is 7.90. The van der Waals surface area contributed by atoms with Gasteiger partial charge in [-0.15, -0.1) is 0 Å². The summed E-state index contributed by atoms with van der Waals surface area (Å²) in [6.45, 7) is 3.46. The summed E-state index contributed by atoms with van der Waals surface area (Å²) < 4.78 is 23.3. The molecule has 0 unspecified atom stereocenters. The normalized spacial score (nSPS) is 20.9. The summed E-state index contributed by atoms with van der Waals surface area (Å²) in [4.78, 5) is 17.3. The van der Waals surface area contributed by atoms with Gasteiger partial charge < -0.3 is 10.3 Å². The topological polar surface area (TPSA) is 82.3 Å². The first-order valence-corrected chi connectivity index (χ1v) is 11.6. The summed E-state index contributed by atoms with van der Waals surface area (Å²) in [5.74, 6) is 0.503. The number of sulfone groups is 1. The molecule has 1 aromatic carbocycles. The summed E-state index contributed by atoms with van der Waals surface area (Å²) in [7, 11) is -2.87. The molecule has 0 radical (unpaired) electrons. The van der Waals surface area contributed by atoms with Gasteiger partial charge in [0.25, 0.3) is 0 Å². The van der Waals surface area contributed by atoms with E-state index in [-0.39, 0.29) is 17.3 Å². The molecule has 27 heavy (non-hydrogen) atoms. The summed E-state index contributed by atoms with van der Waals surface area (Å²) in [6.07, 6.45) is 4.87. The second-order valence-corrected chi connectivity index (χ2v) is 10.2. The molecule has 4 rings (SSSR count). The summed E-state index contributed by atoms with van der Waals surface area (Å²) in [6, 6.07) is 6.67. The molecule has 0 atom stereocenters. The molecule has 7 heteroatoms. The van der Waals surface area contributed by atoms with Crippen LogP contribution in [0.1, 0.15) is 48.7 Å². The Kier molecular flexibility index (Phi) is 4.99. The van der Waals surface area contributed by atoms with E-state index >= 15 is 0 Å². The number of benzene rings is 1. The standard InChI is InChI=1S/C20H27N3O3S/c1-14(24)18-12-16-10-15(13-23-6-8-27(25,26)9-7-23)11-19(20(16)22-18)21-17-4-2-3-5-17/h10-12,17,21-22H,2-9,13H2,1H3. The molecule has 2 fully saturated rings. The van der Waals surface area contributed by atoms with Crippen molar-refractivity contribution in [2.24, 2.45) is 0 Å². The van der Waals surface area contributed by atoms with Gasteiger partial charge >= 0.3 is 0 Å². The van der Waals surface area contributed by atoms with Crippen molar-refractivity contribution < 1.29 is 13.2 Å². The van der Waals surface area contributed by atoms with Crippen molar-refractivity contribution in [3.63, 3.8) is 0 Å². The van der Waals surface area contributed by atoms with Crippen LogP contribution in [0.3, 0.4) is 0 Å². The van der Waals surface area contributed by atoms with Crippen molar-refractivity contribution in [3.8, 4) is 0 Å². The number of fused-ring (bicyclic) bond motifs is 1. The Hall–Kier alpha value is -1.86. The third kappa shape index (κ3) is 4.19. The zero-order chi connectivity index (χ0) is 19.0. The van der Waals surface area contributed by atoms with Gasteiger partial charge in [0.05, 0.1) is 28.4 Å². The molecule has 1 saturated carbocycles. The summed E-state index contributed by atoms with van der Waals surface area (Å²) >= 11 is 0. The number of hydrogen-bond acceptors (Lipinski definition) is 5. The maximum Gasteiger partial charge on any atom is 0.175 e. The van der Waals surface area contributed by atoms with Crippen LogP contribution in [0.4, 0.5) is 5.69 Å². The molecule has 1 aliphatic carbocycles. The lowest BCUT2D eigenvalue weighted by Gasteiger charge is -2.27. The van der Waals surface area contributed by atoms with Gasteiger partial charge in [-0.25, -0.2) is 8.42 Å². The first-order valence-electron chi connectivity index (χ1n) is 9.75. The predicted molar refractivity (Wildman–Crippen MR) is 108 cm³/mol. The molecule has 0 spiro atoms. The fourth-order valence-corrected chi connectivity index (χ4v) is 5.43. The van der Waals surface area contributed by atoms with Crippen LogP contribution in [0, 0.1) is 0 Å². The first-order chi connectivity index (χ1) is 12.9. The quantitative estimate of drug-likeness (QED) is 0.769. The number of hydrogen-bond donors (Lipinski definition) is 2. The van der Waals surface area contributed by atoms with Gasteiger partial charge in [-0.05, 0) is 36.6 Å². The molecule has 2 aliphatic rings. The van der Waals surface area contributed by atoms with E-state index in [1.807, 2.05) is 6.07 Å². The number of rotatable bonds is 5. The molecule has 2 heterocycles. The van der Waals surface area contributed by atoms with Gasteiger partial charge in [0.2, 0.25) is 0 Å². The van der Waals surface area contributed by atoms with Crippen LogP contribution in [0.15, 0.2) is 18.2 Å². The van der Waals surface area contributed by atoms with Crippen molar-refractivity contribution >= 4 is 32.2 Å². The smallest absolute Gasteiger partial charge is 0.175 e. The molecule has 146 valence electrons. The van der Waals surface area contributed by atoms with Crippen molar-refractivity contribution in [1.29, 1.82) is 0 Å². The number of aromatic amines is 1. The number of H-pyrrole nitrogens is 1. The van der Waals surface area contributed by atoms with Gasteiger partial charge in [-0.2, -0.15) is 0 Å². The number of Topliss-reactive ketones (excluding diaryl/α,β-unsaturated/α-hetero) is 1. The Morgan fingerprint density at radius 2 is 1.89 bits per heavy atom. The Morgan fingerprint density at radius 3 is 2.56 bits per heavy atom. The second kappa shape index (κ2) is 7.28. The molecule has 1 aliphatic heterocycles. The van der Waals surface area contributed by atoms with Crippen molar-refractivity contribution in [2.75, 3.05) is 29.9 Å². The molecular weight excluding hydrogens is 362 g/mol. The van der Waals surface area contributed by atoms with Gasteiger partial charge in [-0.3, -0.25) is 9.69 Å². The van der Waals surface area contributed by atoms with Crippen LogP contribution in [-0.4, -0.2) is 54.7 Å². The van der Waals surface area contributed by atoms with E-state index in [0.717, 1.165) is 28.7 Å². The lowest BCUT2D eigenvalue weighted by molar-refractivity contribution is 0.101. The van der Waals surface area contributed by atoms with Gasteiger partial charge in [0, 0.05) is 38.0 Å². The number of nitrogens with one attached hydrogen (secondary N) is 2. The lowest BCUT2D eigenvalue weighted by Crippen LogP contribution is -2.39. The average Bonchev–Trinajstić information content (AvgIpc) is 3.26. The van der Waals surface area contributed by atoms with Crippen molar-refractivity contribution in [3.05, 3.63) is 29.5 Å². The molecule has 1 aromatic heterocycles. The Bertz CT molecular complexity index is 944. The number of nitrogens with zero attached hydrogens (tertiary/aromatic N) is 1. The van der Waals surface area contributed by atoms with Crippen LogP contribution >= 0.6 is 0 Å². The largest absolute Gasteiger partial charge is 0.381 e. The highest BCUT2D eigenvalue weighted by Crippen LogP contribution is 2.30. The highest BCUT2D eigenvalue weighted by Gasteiger charge is 2.22. The molecular formula is C20H27N3O3S. The minimum atomic E-state index is -2.87. The SMILES string of the molecule is CC(=O)c1cc2cc(CN3CCS(=O)(=O)CC3)cc(NC3CCCC3)c2[nH]1. The lowest BCUT2D eigenvalue weighted by atomic mass is 10.1. The molecule has 2 aromatic rings. The maximum atomic E-state index is 11.8. The monoisotopic (exact) mass is 389 g/mol. The van der Waals surface area contributed by atoms with E-state index in [4.69, 9.17) is 0 Å². The van der Waals surface area contributed by atoms with Crippen LogP contribution in [0.2, 0.25) is 0 Å². The van der Waals surface area contributed by atoms with Gasteiger partial charge in [0.15, 0.2) is 15.6 Å². The van der Waals surface area contributed by atoms with E-state index in [1.165, 1.54) is 25.7 Å². The number of carbonyl (C=O) groups is 1. The number of ketones is 1. The first kappa shape index (κ1) is 18.5. The average molecular weight is 390 g/mol. The highest BCUT2D eigenvalue weighted by molar-refractivity contribution is 7.91. The van der Waals surface area contributed by atoms with Crippen LogP contribution < -0.4 is 5.32 Å².